The molecule has 0 aromatic heterocycles. The summed E-state index contributed by atoms with van der Waals surface area (Å²) in [4.78, 5) is 2.47. The van der Waals surface area contributed by atoms with E-state index in [0.717, 1.165) is 38.0 Å². The molecule has 0 bridgehead atoms. The van der Waals surface area contributed by atoms with E-state index in [-0.39, 0.29) is 0 Å². The molecule has 0 aliphatic carbocycles. The van der Waals surface area contributed by atoms with Crippen molar-refractivity contribution in [2.75, 3.05) is 18.4 Å². The van der Waals surface area contributed by atoms with Gasteiger partial charge >= 0.3 is 0 Å². The van der Waals surface area contributed by atoms with Gasteiger partial charge in [-0.05, 0) is 58.2 Å². The SMILES string of the molecule is Cc1ccccc1NC1(C#N)CCCN(C(C)C)CC1. The highest BCUT2D eigenvalue weighted by molar-refractivity contribution is 5.53. The first-order valence-electron chi connectivity index (χ1n) is 7.55. The number of likely N-dealkylation sites (tertiary alicyclic amines) is 1. The molecule has 108 valence electrons. The fourth-order valence-corrected chi connectivity index (χ4v) is 2.91. The van der Waals surface area contributed by atoms with Crippen molar-refractivity contribution in [3.63, 3.8) is 0 Å². The van der Waals surface area contributed by atoms with E-state index in [1.165, 1.54) is 5.56 Å². The van der Waals surface area contributed by atoms with Gasteiger partial charge in [-0.25, -0.2) is 0 Å². The standard InChI is InChI=1S/C17H25N3/c1-14(2)20-11-6-9-17(13-18,10-12-20)19-16-8-5-4-7-15(16)3/h4-5,7-8,14,19H,6,9-12H2,1-3H3. The predicted octanol–water partition coefficient (Wildman–Crippen LogP) is 3.56. The fourth-order valence-electron chi connectivity index (χ4n) is 2.91. The Balaban J connectivity index is 2.14. The highest BCUT2D eigenvalue weighted by Crippen LogP contribution is 2.28. The second kappa shape index (κ2) is 6.28. The third-order valence-electron chi connectivity index (χ3n) is 4.34. The Bertz CT molecular complexity index is 489. The van der Waals surface area contributed by atoms with Gasteiger partial charge in [-0.2, -0.15) is 5.26 Å². The summed E-state index contributed by atoms with van der Waals surface area (Å²) in [6.07, 6.45) is 2.88. The maximum Gasteiger partial charge on any atom is 0.126 e. The van der Waals surface area contributed by atoms with Crippen molar-refractivity contribution < 1.29 is 0 Å². The van der Waals surface area contributed by atoms with Crippen LogP contribution >= 0.6 is 0 Å². The highest BCUT2D eigenvalue weighted by atomic mass is 15.2. The third-order valence-corrected chi connectivity index (χ3v) is 4.34. The minimum atomic E-state index is -0.421. The number of para-hydroxylation sites is 1. The molecule has 0 spiro atoms. The summed E-state index contributed by atoms with van der Waals surface area (Å²) in [6, 6.07) is 11.3. The van der Waals surface area contributed by atoms with Gasteiger partial charge in [0.25, 0.3) is 0 Å². The molecule has 2 rings (SSSR count). The zero-order valence-corrected chi connectivity index (χ0v) is 12.8. The Kier molecular flexibility index (Phi) is 4.67. The Morgan fingerprint density at radius 1 is 1.25 bits per heavy atom. The summed E-state index contributed by atoms with van der Waals surface area (Å²) in [6.45, 7) is 8.63. The number of anilines is 1. The molecule has 1 fully saturated rings. The minimum absolute atomic E-state index is 0.421. The van der Waals surface area contributed by atoms with Gasteiger partial charge < -0.3 is 10.2 Å². The van der Waals surface area contributed by atoms with E-state index in [0.29, 0.717) is 6.04 Å². The van der Waals surface area contributed by atoms with Crippen LogP contribution in [0.1, 0.15) is 38.7 Å². The molecule has 1 aliphatic heterocycles. The summed E-state index contributed by atoms with van der Waals surface area (Å²) < 4.78 is 0. The van der Waals surface area contributed by atoms with Crippen molar-refractivity contribution in [2.24, 2.45) is 0 Å². The second-order valence-electron chi connectivity index (χ2n) is 6.12. The Morgan fingerprint density at radius 2 is 2.00 bits per heavy atom. The van der Waals surface area contributed by atoms with Crippen molar-refractivity contribution in [2.45, 2.75) is 51.6 Å². The second-order valence-corrected chi connectivity index (χ2v) is 6.12. The fraction of sp³-hybridized carbons (Fsp3) is 0.588. The number of aryl methyl sites for hydroxylation is 1. The lowest BCUT2D eigenvalue weighted by Crippen LogP contribution is -2.39. The topological polar surface area (TPSA) is 39.1 Å². The maximum atomic E-state index is 9.71. The molecule has 0 saturated carbocycles. The molecule has 1 aromatic carbocycles. The normalized spacial score (nSPS) is 24.1. The third kappa shape index (κ3) is 3.32. The molecular formula is C17H25N3. The van der Waals surface area contributed by atoms with Crippen LogP contribution in [-0.4, -0.2) is 29.6 Å². The molecule has 1 aromatic rings. The monoisotopic (exact) mass is 271 g/mol. The van der Waals surface area contributed by atoms with Crippen molar-refractivity contribution in [3.8, 4) is 6.07 Å². The average Bonchev–Trinajstić information content (AvgIpc) is 2.65. The smallest absolute Gasteiger partial charge is 0.126 e. The van der Waals surface area contributed by atoms with Gasteiger partial charge in [-0.1, -0.05) is 18.2 Å². The molecule has 1 heterocycles. The Labute approximate surface area is 122 Å². The van der Waals surface area contributed by atoms with Crippen molar-refractivity contribution in [3.05, 3.63) is 29.8 Å². The number of hydrogen-bond acceptors (Lipinski definition) is 3. The molecule has 1 N–H and O–H groups in total. The first kappa shape index (κ1) is 14.9. The molecule has 0 radical (unpaired) electrons. The lowest BCUT2D eigenvalue weighted by atomic mass is 9.91. The molecule has 20 heavy (non-hydrogen) atoms. The summed E-state index contributed by atoms with van der Waals surface area (Å²) in [5, 5.41) is 13.2. The van der Waals surface area contributed by atoms with E-state index < -0.39 is 5.54 Å². The van der Waals surface area contributed by atoms with Gasteiger partial charge in [-0.3, -0.25) is 0 Å². The van der Waals surface area contributed by atoms with Crippen molar-refractivity contribution in [1.82, 2.24) is 4.90 Å². The minimum Gasteiger partial charge on any atom is -0.367 e. The van der Waals surface area contributed by atoms with Crippen LogP contribution in [0.4, 0.5) is 5.69 Å². The number of hydrogen-bond donors (Lipinski definition) is 1. The van der Waals surface area contributed by atoms with Crippen LogP contribution in [0.2, 0.25) is 0 Å². The molecule has 1 aliphatic rings. The molecule has 1 unspecified atom stereocenters. The number of nitrogens with zero attached hydrogens (tertiary/aromatic N) is 2. The number of benzene rings is 1. The Morgan fingerprint density at radius 3 is 2.65 bits per heavy atom. The van der Waals surface area contributed by atoms with Crippen LogP contribution in [0.25, 0.3) is 0 Å². The molecule has 1 saturated heterocycles. The van der Waals surface area contributed by atoms with Crippen molar-refractivity contribution in [1.29, 1.82) is 5.26 Å². The van der Waals surface area contributed by atoms with Gasteiger partial charge in [-0.15, -0.1) is 0 Å². The highest BCUT2D eigenvalue weighted by Gasteiger charge is 2.33. The molecule has 1 atom stereocenters. The van der Waals surface area contributed by atoms with Gasteiger partial charge in [0, 0.05) is 18.3 Å². The van der Waals surface area contributed by atoms with Crippen LogP contribution < -0.4 is 5.32 Å². The van der Waals surface area contributed by atoms with E-state index in [1.807, 2.05) is 12.1 Å². The lowest BCUT2D eigenvalue weighted by Gasteiger charge is -2.29. The zero-order valence-electron chi connectivity index (χ0n) is 12.8. The molecular weight excluding hydrogens is 246 g/mol. The van der Waals surface area contributed by atoms with E-state index in [4.69, 9.17) is 0 Å². The largest absolute Gasteiger partial charge is 0.367 e. The maximum absolute atomic E-state index is 9.71. The van der Waals surface area contributed by atoms with Crippen LogP contribution in [0.15, 0.2) is 24.3 Å². The molecule has 0 amide bonds. The van der Waals surface area contributed by atoms with Gasteiger partial charge in [0.2, 0.25) is 0 Å². The Hall–Kier alpha value is -1.53. The summed E-state index contributed by atoms with van der Waals surface area (Å²) in [5.74, 6) is 0. The van der Waals surface area contributed by atoms with Crippen molar-refractivity contribution >= 4 is 5.69 Å². The summed E-state index contributed by atoms with van der Waals surface area (Å²) >= 11 is 0. The molecule has 3 heteroatoms. The van der Waals surface area contributed by atoms with Gasteiger partial charge in [0.15, 0.2) is 0 Å². The lowest BCUT2D eigenvalue weighted by molar-refractivity contribution is 0.229. The zero-order chi connectivity index (χ0) is 14.6. The van der Waals surface area contributed by atoms with Crippen LogP contribution in [-0.2, 0) is 0 Å². The predicted molar refractivity (Wildman–Crippen MR) is 83.7 cm³/mol. The van der Waals surface area contributed by atoms with Crippen LogP contribution in [0.5, 0.6) is 0 Å². The first-order valence-corrected chi connectivity index (χ1v) is 7.55. The van der Waals surface area contributed by atoms with Crippen LogP contribution in [0.3, 0.4) is 0 Å². The van der Waals surface area contributed by atoms with Gasteiger partial charge in [0.05, 0.1) is 6.07 Å². The quantitative estimate of drug-likeness (QED) is 0.913. The van der Waals surface area contributed by atoms with E-state index >= 15 is 0 Å². The summed E-state index contributed by atoms with van der Waals surface area (Å²) in [7, 11) is 0. The molecule has 3 nitrogen and oxygen atoms in total. The first-order chi connectivity index (χ1) is 9.56. The average molecular weight is 271 g/mol. The van der Waals surface area contributed by atoms with E-state index in [9.17, 15) is 5.26 Å². The summed E-state index contributed by atoms with van der Waals surface area (Å²) in [5.41, 5.74) is 1.87. The van der Waals surface area contributed by atoms with E-state index in [1.54, 1.807) is 0 Å². The number of nitrogens with one attached hydrogen (secondary N) is 1. The number of rotatable bonds is 3. The van der Waals surface area contributed by atoms with Crippen LogP contribution in [0, 0.1) is 18.3 Å². The number of nitriles is 1. The van der Waals surface area contributed by atoms with E-state index in [2.05, 4.69) is 49.2 Å². The van der Waals surface area contributed by atoms with Gasteiger partial charge in [0.1, 0.15) is 5.54 Å².